The average molecular weight is 608 g/mol. The van der Waals surface area contributed by atoms with Crippen LogP contribution in [0, 0.1) is 0 Å². The van der Waals surface area contributed by atoms with Crippen LogP contribution in [0.15, 0.2) is 24.0 Å². The second-order valence-electron chi connectivity index (χ2n) is 11.4. The van der Waals surface area contributed by atoms with Crippen LogP contribution in [0.25, 0.3) is 0 Å². The standard InChI is InChI=1S/C28H33NO14/c1-12(25(37)42-17(24(35)36)11-19(32)33)40-20(34)10-15(31)26(38)41-16-5-6-28(39)18-9-13-3-4-14(30)22-21(13)27(28,23(16)43-22)7-8-29(18)2/h3-5,12,15,17-18,20,23,30-31,34,39H,6-11H2,1-2H3,(H,32,33)(H,35,36)/t12-,15-,17-,18+,20?,23-,27?,28+/m0/s1. The lowest BCUT2D eigenvalue weighted by molar-refractivity contribution is -0.193. The number of hydrogen-bond donors (Lipinski definition) is 6. The van der Waals surface area contributed by atoms with Crippen LogP contribution in [0.3, 0.4) is 0 Å². The summed E-state index contributed by atoms with van der Waals surface area (Å²) in [6.07, 6.45) is -7.53. The first-order valence-corrected chi connectivity index (χ1v) is 13.7. The van der Waals surface area contributed by atoms with Crippen LogP contribution in [0.1, 0.15) is 43.7 Å². The molecule has 6 N–H and O–H groups in total. The molecular weight excluding hydrogens is 574 g/mol. The molecule has 0 saturated carbocycles. The number of carboxylic acid groups (broad SMARTS) is 2. The number of carbonyl (C=O) groups excluding carboxylic acids is 2. The van der Waals surface area contributed by atoms with Gasteiger partial charge in [0.2, 0.25) is 6.10 Å². The van der Waals surface area contributed by atoms with E-state index in [1.807, 2.05) is 7.05 Å². The van der Waals surface area contributed by atoms with Crippen LogP contribution in [0.5, 0.6) is 11.5 Å². The summed E-state index contributed by atoms with van der Waals surface area (Å²) in [5, 5.41) is 61.2. The van der Waals surface area contributed by atoms with E-state index in [4.69, 9.17) is 24.4 Å². The molecule has 0 amide bonds. The quantitative estimate of drug-likeness (QED) is 0.133. The minimum atomic E-state index is -1.99. The van der Waals surface area contributed by atoms with Crippen molar-refractivity contribution in [1.29, 1.82) is 0 Å². The molecule has 1 fully saturated rings. The van der Waals surface area contributed by atoms with Gasteiger partial charge in [-0.2, -0.15) is 0 Å². The van der Waals surface area contributed by atoms with Gasteiger partial charge in [-0.25, -0.2) is 14.4 Å². The van der Waals surface area contributed by atoms with Crippen LogP contribution < -0.4 is 4.74 Å². The van der Waals surface area contributed by atoms with Crippen molar-refractivity contribution in [1.82, 2.24) is 4.90 Å². The SMILES string of the molecule is C[C@H](OC(O)C[C@H](O)C(=O)OC1=CC[C@@]2(O)[C@H]3Cc4ccc(O)c5c4C2(CCN3C)[C@H]1O5)C(=O)O[C@@H](CC(=O)O)C(=O)O. The number of carboxylic acids is 2. The lowest BCUT2D eigenvalue weighted by Gasteiger charge is -2.61. The van der Waals surface area contributed by atoms with Crippen molar-refractivity contribution in [3.63, 3.8) is 0 Å². The summed E-state index contributed by atoms with van der Waals surface area (Å²) in [4.78, 5) is 49.0. The molecule has 2 aliphatic carbocycles. The number of likely N-dealkylation sites (tertiary alicyclic amines) is 1. The summed E-state index contributed by atoms with van der Waals surface area (Å²) < 4.78 is 21.3. The monoisotopic (exact) mass is 607 g/mol. The van der Waals surface area contributed by atoms with Gasteiger partial charge in [0.15, 0.2) is 36.1 Å². The number of ether oxygens (including phenoxy) is 4. The first-order chi connectivity index (χ1) is 20.2. The number of likely N-dealkylation sites (N-methyl/N-ethyl adjacent to an activating group) is 1. The smallest absolute Gasteiger partial charge is 0.345 e. The first-order valence-electron chi connectivity index (χ1n) is 13.7. The van der Waals surface area contributed by atoms with Crippen molar-refractivity contribution in [2.75, 3.05) is 13.6 Å². The molecule has 2 aliphatic heterocycles. The average Bonchev–Trinajstić information content (AvgIpc) is 3.29. The molecule has 2 unspecified atom stereocenters. The number of aliphatic hydroxyl groups excluding tert-OH is 2. The Balaban J connectivity index is 1.26. The maximum absolute atomic E-state index is 12.9. The van der Waals surface area contributed by atoms with E-state index in [1.54, 1.807) is 6.07 Å². The lowest BCUT2D eigenvalue weighted by atomic mass is 9.50. The van der Waals surface area contributed by atoms with E-state index in [0.29, 0.717) is 24.9 Å². The predicted octanol–water partition coefficient (Wildman–Crippen LogP) is -0.841. The summed E-state index contributed by atoms with van der Waals surface area (Å²) in [7, 11) is 1.93. The minimum absolute atomic E-state index is 0.0333. The van der Waals surface area contributed by atoms with E-state index in [1.165, 1.54) is 12.1 Å². The van der Waals surface area contributed by atoms with Gasteiger partial charge in [0, 0.05) is 24.4 Å². The Morgan fingerprint density at radius 3 is 2.56 bits per heavy atom. The zero-order chi connectivity index (χ0) is 31.4. The van der Waals surface area contributed by atoms with Gasteiger partial charge in [-0.15, -0.1) is 0 Å². The Hall–Kier alpha value is -3.76. The van der Waals surface area contributed by atoms with Gasteiger partial charge in [-0.3, -0.25) is 4.79 Å². The van der Waals surface area contributed by atoms with Gasteiger partial charge >= 0.3 is 23.9 Å². The number of phenolic OH excluding ortho intramolecular Hbond substituents is 1. The maximum Gasteiger partial charge on any atom is 0.345 e. The van der Waals surface area contributed by atoms with Gasteiger partial charge in [0.25, 0.3) is 0 Å². The van der Waals surface area contributed by atoms with E-state index in [0.717, 1.165) is 12.5 Å². The summed E-state index contributed by atoms with van der Waals surface area (Å²) in [6, 6.07) is 3.06. The molecule has 2 heterocycles. The first kappa shape index (κ1) is 30.7. The third-order valence-electron chi connectivity index (χ3n) is 8.86. The zero-order valence-corrected chi connectivity index (χ0v) is 23.3. The lowest BCUT2D eigenvalue weighted by Crippen LogP contribution is -2.74. The second kappa shape index (κ2) is 11.1. The summed E-state index contributed by atoms with van der Waals surface area (Å²) in [5.41, 5.74) is -0.711. The zero-order valence-electron chi connectivity index (χ0n) is 23.3. The minimum Gasteiger partial charge on any atom is -0.504 e. The largest absolute Gasteiger partial charge is 0.504 e. The Morgan fingerprint density at radius 2 is 1.88 bits per heavy atom. The highest BCUT2D eigenvalue weighted by Gasteiger charge is 2.72. The van der Waals surface area contributed by atoms with E-state index in [2.05, 4.69) is 9.64 Å². The molecule has 8 atom stereocenters. The number of piperidine rings is 1. The van der Waals surface area contributed by atoms with Crippen molar-refractivity contribution in [2.45, 2.75) is 86.8 Å². The molecule has 43 heavy (non-hydrogen) atoms. The molecule has 5 rings (SSSR count). The number of aromatic hydroxyl groups is 1. The Labute approximate surface area is 244 Å². The van der Waals surface area contributed by atoms with Crippen LogP contribution in [0.2, 0.25) is 0 Å². The molecule has 1 saturated heterocycles. The molecule has 4 aliphatic rings. The summed E-state index contributed by atoms with van der Waals surface area (Å²) in [5.74, 6) is -5.54. The van der Waals surface area contributed by atoms with E-state index in [9.17, 15) is 39.6 Å². The second-order valence-corrected chi connectivity index (χ2v) is 11.4. The third-order valence-corrected chi connectivity index (χ3v) is 8.86. The van der Waals surface area contributed by atoms with E-state index >= 15 is 0 Å². The Bertz CT molecular complexity index is 1380. The normalized spacial score (nSPS) is 29.7. The summed E-state index contributed by atoms with van der Waals surface area (Å²) in [6.45, 7) is 1.71. The van der Waals surface area contributed by atoms with Crippen LogP contribution in [-0.2, 0) is 45.2 Å². The molecule has 0 aromatic heterocycles. The van der Waals surface area contributed by atoms with Gasteiger partial charge in [-0.1, -0.05) is 6.07 Å². The summed E-state index contributed by atoms with van der Waals surface area (Å²) >= 11 is 0. The number of aliphatic hydroxyl groups is 3. The number of nitrogens with zero attached hydrogens (tertiary/aromatic N) is 1. The van der Waals surface area contributed by atoms with Crippen LogP contribution in [-0.4, -0.2) is 115 Å². The van der Waals surface area contributed by atoms with Crippen molar-refractivity contribution in [3.05, 3.63) is 35.1 Å². The number of phenols is 1. The van der Waals surface area contributed by atoms with Crippen molar-refractivity contribution in [2.24, 2.45) is 0 Å². The van der Waals surface area contributed by atoms with Crippen molar-refractivity contribution in [3.8, 4) is 11.5 Å². The molecule has 1 spiro atoms. The number of aliphatic carboxylic acids is 2. The fourth-order valence-corrected chi connectivity index (χ4v) is 6.83. The highest BCUT2D eigenvalue weighted by atomic mass is 16.6. The fourth-order valence-electron chi connectivity index (χ4n) is 6.83. The number of carbonyl (C=O) groups is 4. The molecule has 0 radical (unpaired) electrons. The molecular formula is C28H33NO14. The van der Waals surface area contributed by atoms with Gasteiger partial charge < -0.3 is 54.5 Å². The Morgan fingerprint density at radius 1 is 1.16 bits per heavy atom. The maximum atomic E-state index is 12.9. The highest BCUT2D eigenvalue weighted by Crippen LogP contribution is 2.65. The molecule has 234 valence electrons. The van der Waals surface area contributed by atoms with Crippen molar-refractivity contribution >= 4 is 23.9 Å². The van der Waals surface area contributed by atoms with Crippen LogP contribution in [0.4, 0.5) is 0 Å². The number of hydrogen-bond acceptors (Lipinski definition) is 13. The van der Waals surface area contributed by atoms with E-state index < -0.39 is 78.4 Å². The van der Waals surface area contributed by atoms with Gasteiger partial charge in [0.05, 0.1) is 17.4 Å². The predicted molar refractivity (Wildman–Crippen MR) is 140 cm³/mol. The van der Waals surface area contributed by atoms with Gasteiger partial charge in [0.1, 0.15) is 5.76 Å². The number of benzene rings is 1. The van der Waals surface area contributed by atoms with Crippen LogP contribution >= 0.6 is 0 Å². The Kier molecular flexibility index (Phi) is 7.89. The third kappa shape index (κ3) is 5.00. The van der Waals surface area contributed by atoms with E-state index in [-0.39, 0.29) is 29.7 Å². The fraction of sp³-hybridized carbons (Fsp3) is 0.571. The molecule has 2 bridgehead atoms. The number of esters is 2. The molecule has 15 nitrogen and oxygen atoms in total. The molecule has 1 aromatic rings. The highest BCUT2D eigenvalue weighted by molar-refractivity contribution is 5.84. The molecule has 15 heteroatoms. The molecule has 1 aromatic carbocycles. The topological polar surface area (TPSA) is 230 Å². The number of rotatable bonds is 11. The van der Waals surface area contributed by atoms with Crippen molar-refractivity contribution < 1.29 is 68.8 Å². The van der Waals surface area contributed by atoms with Gasteiger partial charge in [-0.05, 0) is 51.1 Å².